The van der Waals surface area contributed by atoms with E-state index in [-0.39, 0.29) is 0 Å². The van der Waals surface area contributed by atoms with E-state index in [2.05, 4.69) is 98.5 Å². The van der Waals surface area contributed by atoms with Crippen molar-refractivity contribution in [2.45, 2.75) is 19.8 Å². The third-order valence-electron chi connectivity index (χ3n) is 7.42. The summed E-state index contributed by atoms with van der Waals surface area (Å²) in [5, 5.41) is 10.8. The SMILES string of the molecule is C=C/C=c1/ccc2c3c(cc(-c4ccc5sc6cc7ccccc7cc6c5c4)c(C)c13)=CCC2. The van der Waals surface area contributed by atoms with E-state index < -0.39 is 0 Å². The van der Waals surface area contributed by atoms with Crippen molar-refractivity contribution >= 4 is 65.2 Å². The molecule has 5 aromatic carbocycles. The molecule has 0 saturated heterocycles. The summed E-state index contributed by atoms with van der Waals surface area (Å²) in [5.41, 5.74) is 5.45. The second kappa shape index (κ2) is 7.41. The van der Waals surface area contributed by atoms with E-state index in [0.717, 1.165) is 12.8 Å². The molecule has 0 aliphatic heterocycles. The number of benzene rings is 5. The Bertz CT molecular complexity index is 1930. The highest BCUT2D eigenvalue weighted by Gasteiger charge is 2.15. The number of allylic oxidation sites excluding steroid dienone is 1. The first kappa shape index (κ1) is 19.8. The van der Waals surface area contributed by atoms with E-state index in [9.17, 15) is 0 Å². The maximum absolute atomic E-state index is 3.97. The second-order valence-electron chi connectivity index (χ2n) is 9.36. The molecule has 7 rings (SSSR count). The van der Waals surface area contributed by atoms with Crippen molar-refractivity contribution in [3.63, 3.8) is 0 Å². The molecule has 1 aliphatic rings. The second-order valence-corrected chi connectivity index (χ2v) is 10.4. The van der Waals surface area contributed by atoms with Crippen molar-refractivity contribution in [1.82, 2.24) is 0 Å². The van der Waals surface area contributed by atoms with Crippen molar-refractivity contribution < 1.29 is 0 Å². The summed E-state index contributed by atoms with van der Waals surface area (Å²) < 4.78 is 2.71. The highest BCUT2D eigenvalue weighted by atomic mass is 32.1. The first-order valence-electron chi connectivity index (χ1n) is 11.9. The van der Waals surface area contributed by atoms with Crippen molar-refractivity contribution in [3.05, 3.63) is 107 Å². The Hall–Kier alpha value is -3.68. The van der Waals surface area contributed by atoms with Gasteiger partial charge in [0.15, 0.2) is 0 Å². The van der Waals surface area contributed by atoms with Crippen LogP contribution in [0.5, 0.6) is 0 Å². The predicted octanol–water partition coefficient (Wildman–Crippen LogP) is 8.03. The fourth-order valence-corrected chi connectivity index (χ4v) is 6.93. The molecular formula is C33H24S. The van der Waals surface area contributed by atoms with Gasteiger partial charge in [0.1, 0.15) is 0 Å². The molecule has 34 heavy (non-hydrogen) atoms. The van der Waals surface area contributed by atoms with Gasteiger partial charge in [-0.1, -0.05) is 67.3 Å². The Morgan fingerprint density at radius 1 is 0.824 bits per heavy atom. The molecule has 0 atom stereocenters. The molecule has 0 N–H and O–H groups in total. The van der Waals surface area contributed by atoms with Crippen LogP contribution in [0, 0.1) is 6.92 Å². The minimum absolute atomic E-state index is 1.11. The van der Waals surface area contributed by atoms with Gasteiger partial charge < -0.3 is 0 Å². The third-order valence-corrected chi connectivity index (χ3v) is 8.55. The van der Waals surface area contributed by atoms with E-state index in [1.165, 1.54) is 74.4 Å². The number of thiophene rings is 1. The summed E-state index contributed by atoms with van der Waals surface area (Å²) in [6.45, 7) is 6.26. The number of fused-ring (bicyclic) bond motifs is 4. The molecule has 0 radical (unpaired) electrons. The first-order valence-corrected chi connectivity index (χ1v) is 12.8. The van der Waals surface area contributed by atoms with Crippen LogP contribution in [-0.2, 0) is 6.42 Å². The smallest absolute Gasteiger partial charge is 0.0361 e. The van der Waals surface area contributed by atoms with Crippen LogP contribution < -0.4 is 10.4 Å². The van der Waals surface area contributed by atoms with Gasteiger partial charge in [0.2, 0.25) is 0 Å². The summed E-state index contributed by atoms with van der Waals surface area (Å²) >= 11 is 1.89. The lowest BCUT2D eigenvalue weighted by Crippen LogP contribution is -2.17. The maximum Gasteiger partial charge on any atom is 0.0361 e. The average Bonchev–Trinajstić information content (AvgIpc) is 3.22. The molecule has 0 bridgehead atoms. The number of hydrogen-bond donors (Lipinski definition) is 0. The third kappa shape index (κ3) is 2.84. The fourth-order valence-electron chi connectivity index (χ4n) is 5.81. The first-order chi connectivity index (χ1) is 16.7. The minimum Gasteiger partial charge on any atom is -0.135 e. The summed E-state index contributed by atoms with van der Waals surface area (Å²) in [5.74, 6) is 0. The van der Waals surface area contributed by atoms with E-state index in [0.29, 0.717) is 0 Å². The Labute approximate surface area is 202 Å². The zero-order valence-corrected chi connectivity index (χ0v) is 20.0. The molecular weight excluding hydrogens is 428 g/mol. The molecule has 0 unspecified atom stereocenters. The van der Waals surface area contributed by atoms with Crippen LogP contribution >= 0.6 is 11.3 Å². The van der Waals surface area contributed by atoms with Crippen molar-refractivity contribution in [3.8, 4) is 11.1 Å². The monoisotopic (exact) mass is 452 g/mol. The van der Waals surface area contributed by atoms with Crippen molar-refractivity contribution in [2.24, 2.45) is 0 Å². The maximum atomic E-state index is 3.97. The van der Waals surface area contributed by atoms with Crippen LogP contribution in [0.3, 0.4) is 0 Å². The molecule has 0 fully saturated rings. The zero-order valence-electron chi connectivity index (χ0n) is 19.2. The Kier molecular flexibility index (Phi) is 4.31. The van der Waals surface area contributed by atoms with Gasteiger partial charge in [-0.3, -0.25) is 0 Å². The van der Waals surface area contributed by atoms with E-state index in [1.54, 1.807) is 0 Å². The molecule has 1 aromatic heterocycles. The highest BCUT2D eigenvalue weighted by Crippen LogP contribution is 2.39. The average molecular weight is 453 g/mol. The van der Waals surface area contributed by atoms with Crippen LogP contribution in [0.1, 0.15) is 17.5 Å². The minimum atomic E-state index is 1.11. The Morgan fingerprint density at radius 2 is 1.65 bits per heavy atom. The van der Waals surface area contributed by atoms with Gasteiger partial charge in [-0.25, -0.2) is 0 Å². The summed E-state index contributed by atoms with van der Waals surface area (Å²) in [7, 11) is 0. The molecule has 162 valence electrons. The molecule has 1 heterocycles. The molecule has 0 spiro atoms. The quantitative estimate of drug-likeness (QED) is 0.249. The lowest BCUT2D eigenvalue weighted by molar-refractivity contribution is 1.03. The summed E-state index contributed by atoms with van der Waals surface area (Å²) in [6, 6.07) is 27.4. The van der Waals surface area contributed by atoms with E-state index in [1.807, 2.05) is 17.4 Å². The number of hydrogen-bond acceptors (Lipinski definition) is 1. The Morgan fingerprint density at radius 3 is 2.50 bits per heavy atom. The lowest BCUT2D eigenvalue weighted by atomic mass is 9.86. The van der Waals surface area contributed by atoms with Crippen LogP contribution in [0.15, 0.2) is 85.5 Å². The van der Waals surface area contributed by atoms with Crippen molar-refractivity contribution in [2.75, 3.05) is 0 Å². The van der Waals surface area contributed by atoms with Gasteiger partial charge in [0.25, 0.3) is 0 Å². The predicted molar refractivity (Wildman–Crippen MR) is 151 cm³/mol. The van der Waals surface area contributed by atoms with Crippen LogP contribution in [-0.4, -0.2) is 0 Å². The zero-order chi connectivity index (χ0) is 22.8. The topological polar surface area (TPSA) is 0 Å². The van der Waals surface area contributed by atoms with Gasteiger partial charge in [-0.15, -0.1) is 11.3 Å². The largest absolute Gasteiger partial charge is 0.135 e. The normalized spacial score (nSPS) is 13.7. The summed E-state index contributed by atoms with van der Waals surface area (Å²) in [4.78, 5) is 0. The van der Waals surface area contributed by atoms with Crippen LogP contribution in [0.4, 0.5) is 0 Å². The van der Waals surface area contributed by atoms with Crippen molar-refractivity contribution in [1.29, 1.82) is 0 Å². The molecule has 0 amide bonds. The van der Waals surface area contributed by atoms with Gasteiger partial charge in [0, 0.05) is 20.2 Å². The number of aryl methyl sites for hydroxylation is 2. The highest BCUT2D eigenvalue weighted by molar-refractivity contribution is 7.25. The standard InChI is InChI=1S/C33H24S/c1-3-7-21-12-13-22-10-6-11-26-18-27(20(2)32(21)33(22)26)25-14-15-30-28(17-25)29-16-23-8-4-5-9-24(23)19-31(29)34-30/h3-5,7-9,11-19H,1,6,10H2,2H3/b21-7-. The molecule has 0 saturated carbocycles. The molecule has 6 aromatic rings. The Balaban J connectivity index is 1.55. The van der Waals surface area contributed by atoms with Gasteiger partial charge in [-0.05, 0) is 104 Å². The van der Waals surface area contributed by atoms with Crippen LogP contribution in [0.2, 0.25) is 0 Å². The van der Waals surface area contributed by atoms with Gasteiger partial charge in [-0.2, -0.15) is 0 Å². The van der Waals surface area contributed by atoms with Crippen LogP contribution in [0.25, 0.3) is 65.0 Å². The molecule has 0 nitrogen and oxygen atoms in total. The molecule has 1 heteroatoms. The number of rotatable bonds is 2. The van der Waals surface area contributed by atoms with E-state index >= 15 is 0 Å². The summed E-state index contributed by atoms with van der Waals surface area (Å²) in [6.07, 6.45) is 8.70. The lowest BCUT2D eigenvalue weighted by Gasteiger charge is -2.17. The fraction of sp³-hybridized carbons (Fsp3) is 0.0909. The van der Waals surface area contributed by atoms with Gasteiger partial charge >= 0.3 is 0 Å². The van der Waals surface area contributed by atoms with E-state index in [4.69, 9.17) is 0 Å². The molecule has 1 aliphatic carbocycles. The van der Waals surface area contributed by atoms with Gasteiger partial charge in [0.05, 0.1) is 0 Å².